The van der Waals surface area contributed by atoms with Gasteiger partial charge in [-0.25, -0.2) is 0 Å². The molecule has 22 heavy (non-hydrogen) atoms. The van der Waals surface area contributed by atoms with E-state index in [0.717, 1.165) is 5.56 Å². The van der Waals surface area contributed by atoms with Crippen molar-refractivity contribution in [2.75, 3.05) is 13.6 Å². The summed E-state index contributed by atoms with van der Waals surface area (Å²) in [6.45, 7) is 0.408. The molecular formula is C17H17ClN2O2. The number of hydrogen-bond acceptors (Lipinski definition) is 2. The lowest BCUT2D eigenvalue weighted by Crippen LogP contribution is -2.37. The zero-order valence-corrected chi connectivity index (χ0v) is 13.0. The molecule has 2 amide bonds. The van der Waals surface area contributed by atoms with Gasteiger partial charge in [-0.3, -0.25) is 9.59 Å². The standard InChI is InChI=1S/C17H17ClN2O2/c1-20(12-13-6-5-9-15(18)10-13)16(21)11-19-17(22)14-7-3-2-4-8-14/h2-10H,11-12H2,1H3,(H,19,22). The molecular weight excluding hydrogens is 300 g/mol. The predicted octanol–water partition coefficient (Wildman–Crippen LogP) is 2.73. The van der Waals surface area contributed by atoms with Gasteiger partial charge in [0.05, 0.1) is 6.54 Å². The number of likely N-dealkylation sites (N-methyl/N-ethyl adjacent to an activating group) is 1. The number of nitrogens with zero attached hydrogens (tertiary/aromatic N) is 1. The van der Waals surface area contributed by atoms with Crippen molar-refractivity contribution in [3.63, 3.8) is 0 Å². The lowest BCUT2D eigenvalue weighted by Gasteiger charge is -2.17. The van der Waals surface area contributed by atoms with Gasteiger partial charge in [0.15, 0.2) is 0 Å². The second-order valence-corrected chi connectivity index (χ2v) is 5.36. The Hall–Kier alpha value is -2.33. The maximum atomic E-state index is 12.0. The van der Waals surface area contributed by atoms with Gasteiger partial charge in [0.25, 0.3) is 5.91 Å². The lowest BCUT2D eigenvalue weighted by molar-refractivity contribution is -0.129. The highest BCUT2D eigenvalue weighted by atomic mass is 35.5. The summed E-state index contributed by atoms with van der Waals surface area (Å²) >= 11 is 5.92. The molecule has 0 aliphatic carbocycles. The quantitative estimate of drug-likeness (QED) is 0.922. The van der Waals surface area contributed by atoms with Gasteiger partial charge < -0.3 is 10.2 Å². The third-order valence-electron chi connectivity index (χ3n) is 3.17. The van der Waals surface area contributed by atoms with Crippen LogP contribution in [0.3, 0.4) is 0 Å². The minimum atomic E-state index is -0.259. The van der Waals surface area contributed by atoms with Crippen molar-refractivity contribution >= 4 is 23.4 Å². The highest BCUT2D eigenvalue weighted by molar-refractivity contribution is 6.30. The second-order valence-electron chi connectivity index (χ2n) is 4.93. The van der Waals surface area contributed by atoms with E-state index in [9.17, 15) is 9.59 Å². The van der Waals surface area contributed by atoms with Crippen molar-refractivity contribution in [2.24, 2.45) is 0 Å². The number of benzene rings is 2. The molecule has 5 heteroatoms. The van der Waals surface area contributed by atoms with Crippen LogP contribution in [0.2, 0.25) is 5.02 Å². The molecule has 0 aliphatic rings. The molecule has 0 aliphatic heterocycles. The first kappa shape index (κ1) is 16.0. The zero-order valence-electron chi connectivity index (χ0n) is 12.3. The van der Waals surface area contributed by atoms with E-state index in [1.807, 2.05) is 24.3 Å². The van der Waals surface area contributed by atoms with Crippen LogP contribution in [-0.2, 0) is 11.3 Å². The summed E-state index contributed by atoms with van der Waals surface area (Å²) in [5, 5.41) is 3.26. The Balaban J connectivity index is 1.85. The Labute approximate surface area is 134 Å². The fourth-order valence-corrected chi connectivity index (χ4v) is 2.19. The fourth-order valence-electron chi connectivity index (χ4n) is 1.98. The van der Waals surface area contributed by atoms with Crippen LogP contribution in [0, 0.1) is 0 Å². The van der Waals surface area contributed by atoms with Crippen molar-refractivity contribution < 1.29 is 9.59 Å². The Morgan fingerprint density at radius 1 is 1.09 bits per heavy atom. The van der Waals surface area contributed by atoms with Crippen LogP contribution in [0.1, 0.15) is 15.9 Å². The third kappa shape index (κ3) is 4.60. The monoisotopic (exact) mass is 316 g/mol. The second kappa shape index (κ2) is 7.61. The molecule has 0 heterocycles. The first-order valence-corrected chi connectivity index (χ1v) is 7.25. The average molecular weight is 317 g/mol. The van der Waals surface area contributed by atoms with Gasteiger partial charge in [-0.15, -0.1) is 0 Å². The topological polar surface area (TPSA) is 49.4 Å². The summed E-state index contributed by atoms with van der Waals surface area (Å²) in [5.41, 5.74) is 1.48. The first-order valence-electron chi connectivity index (χ1n) is 6.88. The molecule has 0 saturated heterocycles. The van der Waals surface area contributed by atoms with E-state index >= 15 is 0 Å². The molecule has 114 valence electrons. The lowest BCUT2D eigenvalue weighted by atomic mass is 10.2. The minimum absolute atomic E-state index is 0.0369. The van der Waals surface area contributed by atoms with Gasteiger partial charge in [0.2, 0.25) is 5.91 Å². The molecule has 0 radical (unpaired) electrons. The van der Waals surface area contributed by atoms with Gasteiger partial charge in [-0.05, 0) is 29.8 Å². The molecule has 0 bridgehead atoms. The van der Waals surface area contributed by atoms with Crippen molar-refractivity contribution in [2.45, 2.75) is 6.54 Å². The summed E-state index contributed by atoms with van der Waals surface area (Å²) in [6, 6.07) is 16.1. The number of amides is 2. The molecule has 0 spiro atoms. The third-order valence-corrected chi connectivity index (χ3v) is 3.41. The molecule has 0 saturated carbocycles. The smallest absolute Gasteiger partial charge is 0.251 e. The van der Waals surface area contributed by atoms with Crippen LogP contribution in [-0.4, -0.2) is 30.3 Å². The van der Waals surface area contributed by atoms with Gasteiger partial charge in [0.1, 0.15) is 0 Å². The normalized spacial score (nSPS) is 10.1. The highest BCUT2D eigenvalue weighted by Gasteiger charge is 2.12. The summed E-state index contributed by atoms with van der Waals surface area (Å²) in [4.78, 5) is 25.5. The van der Waals surface area contributed by atoms with E-state index in [0.29, 0.717) is 17.1 Å². The Kier molecular flexibility index (Phi) is 5.55. The largest absolute Gasteiger partial charge is 0.343 e. The number of rotatable bonds is 5. The molecule has 1 N–H and O–H groups in total. The number of carbonyl (C=O) groups is 2. The van der Waals surface area contributed by atoms with Gasteiger partial charge in [-0.2, -0.15) is 0 Å². The number of halogens is 1. The van der Waals surface area contributed by atoms with Gasteiger partial charge in [-0.1, -0.05) is 41.9 Å². The Morgan fingerprint density at radius 3 is 2.50 bits per heavy atom. The molecule has 2 rings (SSSR count). The van der Waals surface area contributed by atoms with Crippen LogP contribution in [0.15, 0.2) is 54.6 Å². The van der Waals surface area contributed by atoms with Gasteiger partial charge >= 0.3 is 0 Å². The summed E-state index contributed by atoms with van der Waals surface area (Å²) < 4.78 is 0. The minimum Gasteiger partial charge on any atom is -0.343 e. The molecule has 2 aromatic carbocycles. The van der Waals surface area contributed by atoms with E-state index in [4.69, 9.17) is 11.6 Å². The van der Waals surface area contributed by atoms with Crippen LogP contribution < -0.4 is 5.32 Å². The molecule has 0 unspecified atom stereocenters. The van der Waals surface area contributed by atoms with Crippen molar-refractivity contribution in [3.05, 3.63) is 70.7 Å². The van der Waals surface area contributed by atoms with E-state index in [-0.39, 0.29) is 18.4 Å². The number of hydrogen-bond donors (Lipinski definition) is 1. The van der Waals surface area contributed by atoms with Crippen molar-refractivity contribution in [1.82, 2.24) is 10.2 Å². The van der Waals surface area contributed by atoms with Crippen LogP contribution in [0.4, 0.5) is 0 Å². The maximum Gasteiger partial charge on any atom is 0.251 e. The fraction of sp³-hybridized carbons (Fsp3) is 0.176. The molecule has 2 aromatic rings. The first-order chi connectivity index (χ1) is 10.6. The van der Waals surface area contributed by atoms with Crippen LogP contribution in [0.25, 0.3) is 0 Å². The Bertz CT molecular complexity index is 659. The van der Waals surface area contributed by atoms with Crippen molar-refractivity contribution in [3.8, 4) is 0 Å². The highest BCUT2D eigenvalue weighted by Crippen LogP contribution is 2.12. The summed E-state index contributed by atoms with van der Waals surface area (Å²) in [6.07, 6.45) is 0. The van der Waals surface area contributed by atoms with E-state index < -0.39 is 0 Å². The molecule has 0 atom stereocenters. The van der Waals surface area contributed by atoms with Crippen molar-refractivity contribution in [1.29, 1.82) is 0 Å². The zero-order chi connectivity index (χ0) is 15.9. The predicted molar refractivity (Wildman–Crippen MR) is 86.7 cm³/mol. The van der Waals surface area contributed by atoms with E-state index in [1.165, 1.54) is 0 Å². The summed E-state index contributed by atoms with van der Waals surface area (Å²) in [7, 11) is 1.69. The van der Waals surface area contributed by atoms with E-state index in [2.05, 4.69) is 5.32 Å². The molecule has 0 aromatic heterocycles. The molecule has 4 nitrogen and oxygen atoms in total. The Morgan fingerprint density at radius 2 is 1.82 bits per heavy atom. The average Bonchev–Trinajstić information content (AvgIpc) is 2.53. The van der Waals surface area contributed by atoms with Crippen LogP contribution >= 0.6 is 11.6 Å². The van der Waals surface area contributed by atoms with E-state index in [1.54, 1.807) is 42.3 Å². The summed E-state index contributed by atoms with van der Waals surface area (Å²) in [5.74, 6) is -0.422. The SMILES string of the molecule is CN(Cc1cccc(Cl)c1)C(=O)CNC(=O)c1ccccc1. The molecule has 0 fully saturated rings. The number of carbonyl (C=O) groups excluding carboxylic acids is 2. The van der Waals surface area contributed by atoms with Gasteiger partial charge in [0, 0.05) is 24.2 Å². The van der Waals surface area contributed by atoms with Crippen LogP contribution in [0.5, 0.6) is 0 Å². The maximum absolute atomic E-state index is 12.0. The number of nitrogens with one attached hydrogen (secondary N) is 1.